The zero-order valence-electron chi connectivity index (χ0n) is 11.6. The number of thioether (sulfide) groups is 1. The molecule has 1 heterocycles. The highest BCUT2D eigenvalue weighted by molar-refractivity contribution is 7.99. The Morgan fingerprint density at radius 3 is 2.84 bits per heavy atom. The molecular weight excluding hydrogens is 260 g/mol. The van der Waals surface area contributed by atoms with E-state index in [1.54, 1.807) is 12.1 Å². The Bertz CT molecular complexity index is 488. The molecule has 0 spiro atoms. The van der Waals surface area contributed by atoms with Crippen molar-refractivity contribution in [2.24, 2.45) is 5.41 Å². The molecule has 2 rings (SSSR count). The fourth-order valence-corrected chi connectivity index (χ4v) is 3.77. The van der Waals surface area contributed by atoms with Crippen LogP contribution in [0.2, 0.25) is 0 Å². The molecular formula is C14H20N2O2S. The molecule has 0 bridgehead atoms. The van der Waals surface area contributed by atoms with E-state index in [4.69, 9.17) is 0 Å². The third kappa shape index (κ3) is 3.62. The SMILES string of the molecule is Cc1ccc([N+](=O)[O-])c(NC2CSCC(C)(C)C2)c1. The predicted octanol–water partition coefficient (Wildman–Crippen LogP) is 3.85. The largest absolute Gasteiger partial charge is 0.376 e. The van der Waals surface area contributed by atoms with Gasteiger partial charge in [0.1, 0.15) is 5.69 Å². The van der Waals surface area contributed by atoms with Crippen LogP contribution in [0.4, 0.5) is 11.4 Å². The minimum atomic E-state index is -0.317. The van der Waals surface area contributed by atoms with Gasteiger partial charge in [0.15, 0.2) is 0 Å². The van der Waals surface area contributed by atoms with Gasteiger partial charge in [0, 0.05) is 17.9 Å². The highest BCUT2D eigenvalue weighted by Crippen LogP contribution is 2.36. The number of nitrogens with zero attached hydrogens (tertiary/aromatic N) is 1. The summed E-state index contributed by atoms with van der Waals surface area (Å²) in [6.07, 6.45) is 1.05. The normalized spacial score (nSPS) is 21.9. The van der Waals surface area contributed by atoms with Crippen molar-refractivity contribution in [3.8, 4) is 0 Å². The second-order valence-corrected chi connectivity index (χ2v) is 7.03. The van der Waals surface area contributed by atoms with Gasteiger partial charge in [-0.15, -0.1) is 0 Å². The van der Waals surface area contributed by atoms with Crippen molar-refractivity contribution >= 4 is 23.1 Å². The standard InChI is InChI=1S/C14H20N2O2S/c1-10-4-5-13(16(17)18)12(6-10)15-11-7-14(2,3)9-19-8-11/h4-6,11,15H,7-9H2,1-3H3. The van der Waals surface area contributed by atoms with Crippen molar-refractivity contribution in [2.75, 3.05) is 16.8 Å². The lowest BCUT2D eigenvalue weighted by atomic mass is 9.87. The zero-order valence-corrected chi connectivity index (χ0v) is 12.4. The number of aryl methyl sites for hydroxylation is 1. The van der Waals surface area contributed by atoms with Crippen molar-refractivity contribution in [3.05, 3.63) is 33.9 Å². The Balaban J connectivity index is 2.18. The van der Waals surface area contributed by atoms with E-state index in [2.05, 4.69) is 19.2 Å². The first kappa shape index (κ1) is 14.2. The van der Waals surface area contributed by atoms with E-state index in [1.807, 2.05) is 24.8 Å². The minimum Gasteiger partial charge on any atom is -0.376 e. The Morgan fingerprint density at radius 2 is 2.21 bits per heavy atom. The molecule has 1 aromatic carbocycles. The quantitative estimate of drug-likeness (QED) is 0.675. The van der Waals surface area contributed by atoms with E-state index >= 15 is 0 Å². The van der Waals surface area contributed by atoms with Crippen molar-refractivity contribution in [1.82, 2.24) is 0 Å². The lowest BCUT2D eigenvalue weighted by Crippen LogP contribution is -2.35. The van der Waals surface area contributed by atoms with E-state index in [0.717, 1.165) is 23.5 Å². The van der Waals surface area contributed by atoms with Crippen LogP contribution < -0.4 is 5.32 Å². The van der Waals surface area contributed by atoms with Gasteiger partial charge >= 0.3 is 0 Å². The molecule has 0 aromatic heterocycles. The van der Waals surface area contributed by atoms with Gasteiger partial charge in [0.2, 0.25) is 0 Å². The van der Waals surface area contributed by atoms with Crippen molar-refractivity contribution < 1.29 is 4.92 Å². The number of benzene rings is 1. The monoisotopic (exact) mass is 280 g/mol. The Hall–Kier alpha value is -1.23. The number of hydrogen-bond donors (Lipinski definition) is 1. The Kier molecular flexibility index (Phi) is 4.04. The molecule has 5 heteroatoms. The first-order valence-electron chi connectivity index (χ1n) is 6.47. The first-order chi connectivity index (χ1) is 8.87. The number of rotatable bonds is 3. The molecule has 0 radical (unpaired) electrons. The van der Waals surface area contributed by atoms with Gasteiger partial charge in [-0.3, -0.25) is 10.1 Å². The van der Waals surface area contributed by atoms with Gasteiger partial charge in [-0.05, 0) is 36.1 Å². The van der Waals surface area contributed by atoms with Gasteiger partial charge in [0.05, 0.1) is 4.92 Å². The van der Waals surface area contributed by atoms with E-state index in [9.17, 15) is 10.1 Å². The van der Waals surface area contributed by atoms with Crippen LogP contribution in [-0.2, 0) is 0 Å². The van der Waals surface area contributed by atoms with E-state index in [0.29, 0.717) is 17.1 Å². The molecule has 104 valence electrons. The molecule has 1 aromatic rings. The third-order valence-electron chi connectivity index (χ3n) is 3.32. The summed E-state index contributed by atoms with van der Waals surface area (Å²) in [4.78, 5) is 10.7. The summed E-state index contributed by atoms with van der Waals surface area (Å²) in [6, 6.07) is 5.53. The van der Waals surface area contributed by atoms with Crippen LogP contribution in [-0.4, -0.2) is 22.5 Å². The highest BCUT2D eigenvalue weighted by atomic mass is 32.2. The smallest absolute Gasteiger partial charge is 0.292 e. The predicted molar refractivity (Wildman–Crippen MR) is 81.0 cm³/mol. The number of nitro benzene ring substituents is 1. The fourth-order valence-electron chi connectivity index (χ4n) is 2.50. The minimum absolute atomic E-state index is 0.166. The van der Waals surface area contributed by atoms with E-state index in [-0.39, 0.29) is 10.6 Å². The molecule has 19 heavy (non-hydrogen) atoms. The first-order valence-corrected chi connectivity index (χ1v) is 7.62. The lowest BCUT2D eigenvalue weighted by molar-refractivity contribution is -0.384. The second-order valence-electron chi connectivity index (χ2n) is 6.00. The summed E-state index contributed by atoms with van der Waals surface area (Å²) >= 11 is 1.92. The maximum Gasteiger partial charge on any atom is 0.292 e. The van der Waals surface area contributed by atoms with Crippen LogP contribution in [0.5, 0.6) is 0 Å². The molecule has 0 aliphatic carbocycles. The van der Waals surface area contributed by atoms with Crippen LogP contribution >= 0.6 is 11.8 Å². The van der Waals surface area contributed by atoms with E-state index < -0.39 is 0 Å². The van der Waals surface area contributed by atoms with Crippen LogP contribution in [0.25, 0.3) is 0 Å². The third-order valence-corrected chi connectivity index (χ3v) is 4.94. The van der Waals surface area contributed by atoms with Crippen LogP contribution in [0.1, 0.15) is 25.8 Å². The summed E-state index contributed by atoms with van der Waals surface area (Å²) in [5.41, 5.74) is 2.14. The molecule has 4 nitrogen and oxygen atoms in total. The van der Waals surface area contributed by atoms with Gasteiger partial charge in [-0.1, -0.05) is 19.9 Å². The van der Waals surface area contributed by atoms with Crippen molar-refractivity contribution in [2.45, 2.75) is 33.2 Å². The van der Waals surface area contributed by atoms with Gasteiger partial charge in [-0.2, -0.15) is 11.8 Å². The molecule has 1 unspecified atom stereocenters. The van der Waals surface area contributed by atoms with Crippen LogP contribution in [0.15, 0.2) is 18.2 Å². The molecule has 1 N–H and O–H groups in total. The molecule has 1 aliphatic heterocycles. The summed E-state index contributed by atoms with van der Waals surface area (Å²) < 4.78 is 0. The number of nitrogens with one attached hydrogen (secondary N) is 1. The summed E-state index contributed by atoms with van der Waals surface area (Å²) in [5, 5.41) is 14.4. The van der Waals surface area contributed by atoms with Crippen molar-refractivity contribution in [3.63, 3.8) is 0 Å². The average molecular weight is 280 g/mol. The van der Waals surface area contributed by atoms with Gasteiger partial charge < -0.3 is 5.32 Å². The lowest BCUT2D eigenvalue weighted by Gasteiger charge is -2.35. The summed E-state index contributed by atoms with van der Waals surface area (Å²) in [5.74, 6) is 2.16. The Labute approximate surface area is 118 Å². The van der Waals surface area contributed by atoms with Crippen molar-refractivity contribution in [1.29, 1.82) is 0 Å². The summed E-state index contributed by atoms with van der Waals surface area (Å²) in [7, 11) is 0. The average Bonchev–Trinajstić information content (AvgIpc) is 2.27. The highest BCUT2D eigenvalue weighted by Gasteiger charge is 2.29. The zero-order chi connectivity index (χ0) is 14.0. The molecule has 1 fully saturated rings. The topological polar surface area (TPSA) is 55.2 Å². The number of anilines is 1. The molecule has 0 amide bonds. The maximum absolute atomic E-state index is 11.1. The molecule has 1 saturated heterocycles. The number of hydrogen-bond acceptors (Lipinski definition) is 4. The number of nitro groups is 1. The Morgan fingerprint density at radius 1 is 1.47 bits per heavy atom. The summed E-state index contributed by atoms with van der Waals surface area (Å²) in [6.45, 7) is 6.45. The van der Waals surface area contributed by atoms with Gasteiger partial charge in [-0.25, -0.2) is 0 Å². The molecule has 1 aliphatic rings. The maximum atomic E-state index is 11.1. The molecule has 0 saturated carbocycles. The fraction of sp³-hybridized carbons (Fsp3) is 0.571. The van der Waals surface area contributed by atoms with E-state index in [1.165, 1.54) is 0 Å². The van der Waals surface area contributed by atoms with Crippen LogP contribution in [0.3, 0.4) is 0 Å². The second kappa shape index (κ2) is 5.41. The van der Waals surface area contributed by atoms with Gasteiger partial charge in [0.25, 0.3) is 5.69 Å². The molecule has 1 atom stereocenters. The van der Waals surface area contributed by atoms with Crippen LogP contribution in [0, 0.1) is 22.5 Å².